The molecule has 0 spiro atoms. The van der Waals surface area contributed by atoms with E-state index in [1.807, 2.05) is 0 Å². The zero-order valence-corrected chi connectivity index (χ0v) is 11.9. The molecule has 0 amide bonds. The minimum absolute atomic E-state index is 0.166. The van der Waals surface area contributed by atoms with E-state index in [2.05, 4.69) is 4.98 Å². The minimum Gasteiger partial charge on any atom is -0.497 e. The summed E-state index contributed by atoms with van der Waals surface area (Å²) >= 11 is 0. The average Bonchev–Trinajstić information content (AvgIpc) is 2.51. The lowest BCUT2D eigenvalue weighted by Gasteiger charge is -2.20. The molecule has 3 rings (SSSR count). The predicted octanol–water partition coefficient (Wildman–Crippen LogP) is 2.18. The second-order valence-corrected chi connectivity index (χ2v) is 4.74. The number of rotatable bonds is 2. The van der Waals surface area contributed by atoms with E-state index >= 15 is 0 Å². The lowest BCUT2D eigenvalue weighted by atomic mass is 9.85. The number of methoxy groups -OCH3 is 2. The number of aromatic nitrogens is 1. The van der Waals surface area contributed by atoms with Crippen LogP contribution in [0.2, 0.25) is 0 Å². The predicted molar refractivity (Wildman–Crippen MR) is 75.4 cm³/mol. The van der Waals surface area contributed by atoms with Crippen molar-refractivity contribution < 1.29 is 19.1 Å². The fourth-order valence-corrected chi connectivity index (χ4v) is 2.54. The fourth-order valence-electron chi connectivity index (χ4n) is 2.54. The third-order valence-corrected chi connectivity index (χ3v) is 3.67. The van der Waals surface area contributed by atoms with Crippen LogP contribution in [0, 0.1) is 6.92 Å². The standard InChI is InChI=1S/C16H13NO4/c1-8-12(21-3)7-17-14-13(8)15(18)10-5-4-9(20-2)6-11(10)16(14)19/h4-7H,1-3H3. The summed E-state index contributed by atoms with van der Waals surface area (Å²) in [5, 5.41) is 0. The Morgan fingerprint density at radius 2 is 1.76 bits per heavy atom. The molecule has 0 atom stereocenters. The maximum atomic E-state index is 12.7. The molecule has 0 bridgehead atoms. The Kier molecular flexibility index (Phi) is 2.97. The van der Waals surface area contributed by atoms with Crippen molar-refractivity contribution in [2.45, 2.75) is 6.92 Å². The molecule has 0 saturated heterocycles. The van der Waals surface area contributed by atoms with Crippen LogP contribution < -0.4 is 9.47 Å². The van der Waals surface area contributed by atoms with Crippen molar-refractivity contribution in [1.82, 2.24) is 4.98 Å². The van der Waals surface area contributed by atoms with E-state index in [-0.39, 0.29) is 17.3 Å². The summed E-state index contributed by atoms with van der Waals surface area (Å²) in [5.74, 6) is 0.533. The number of ether oxygens (including phenoxy) is 2. The van der Waals surface area contributed by atoms with Gasteiger partial charge in [-0.25, -0.2) is 4.98 Å². The maximum Gasteiger partial charge on any atom is 0.212 e. The number of nitrogens with zero attached hydrogens (tertiary/aromatic N) is 1. The number of pyridine rings is 1. The number of carbonyl (C=O) groups excluding carboxylic acids is 2. The highest BCUT2D eigenvalue weighted by atomic mass is 16.5. The highest BCUT2D eigenvalue weighted by Crippen LogP contribution is 2.33. The van der Waals surface area contributed by atoms with E-state index in [4.69, 9.17) is 9.47 Å². The van der Waals surface area contributed by atoms with Gasteiger partial charge in [0.05, 0.1) is 26.0 Å². The Morgan fingerprint density at radius 3 is 2.43 bits per heavy atom. The molecule has 1 aliphatic carbocycles. The molecule has 1 aromatic carbocycles. The third-order valence-electron chi connectivity index (χ3n) is 3.67. The quantitative estimate of drug-likeness (QED) is 0.721. The number of hydrogen-bond donors (Lipinski definition) is 0. The average molecular weight is 283 g/mol. The SMILES string of the molecule is COc1ccc2c(c1)C(=O)c1ncc(OC)c(C)c1C2=O. The van der Waals surface area contributed by atoms with Crippen LogP contribution >= 0.6 is 0 Å². The van der Waals surface area contributed by atoms with Gasteiger partial charge in [0.1, 0.15) is 17.2 Å². The first kappa shape index (κ1) is 13.3. The summed E-state index contributed by atoms with van der Waals surface area (Å²) in [7, 11) is 3.02. The molecule has 0 N–H and O–H groups in total. The van der Waals surface area contributed by atoms with Gasteiger partial charge in [0.15, 0.2) is 5.78 Å². The molecule has 1 heterocycles. The van der Waals surface area contributed by atoms with E-state index in [1.54, 1.807) is 25.1 Å². The van der Waals surface area contributed by atoms with Crippen LogP contribution in [-0.4, -0.2) is 30.8 Å². The Hall–Kier alpha value is -2.69. The second-order valence-electron chi connectivity index (χ2n) is 4.74. The van der Waals surface area contributed by atoms with Crippen LogP contribution in [0.1, 0.15) is 37.5 Å². The highest BCUT2D eigenvalue weighted by Gasteiger charge is 2.33. The van der Waals surface area contributed by atoms with Gasteiger partial charge in [-0.2, -0.15) is 0 Å². The summed E-state index contributed by atoms with van der Waals surface area (Å²) in [6, 6.07) is 4.84. The molecule has 0 unspecified atom stereocenters. The first-order valence-corrected chi connectivity index (χ1v) is 6.39. The highest BCUT2D eigenvalue weighted by molar-refractivity contribution is 6.28. The largest absolute Gasteiger partial charge is 0.497 e. The molecule has 0 radical (unpaired) electrons. The Morgan fingerprint density at radius 1 is 1.00 bits per heavy atom. The molecule has 5 heteroatoms. The van der Waals surface area contributed by atoms with Gasteiger partial charge in [-0.3, -0.25) is 9.59 Å². The zero-order valence-electron chi connectivity index (χ0n) is 11.9. The van der Waals surface area contributed by atoms with Crippen LogP contribution in [0.15, 0.2) is 24.4 Å². The van der Waals surface area contributed by atoms with Crippen molar-refractivity contribution in [3.63, 3.8) is 0 Å². The van der Waals surface area contributed by atoms with Gasteiger partial charge in [-0.15, -0.1) is 0 Å². The molecule has 0 aliphatic heterocycles. The summed E-state index contributed by atoms with van der Waals surface area (Å²) < 4.78 is 10.3. The Labute approximate surface area is 121 Å². The van der Waals surface area contributed by atoms with Crippen molar-refractivity contribution in [3.8, 4) is 11.5 Å². The van der Waals surface area contributed by atoms with Crippen molar-refractivity contribution >= 4 is 11.6 Å². The van der Waals surface area contributed by atoms with E-state index in [0.29, 0.717) is 33.8 Å². The topological polar surface area (TPSA) is 65.5 Å². The molecule has 1 aromatic heterocycles. The number of hydrogen-bond acceptors (Lipinski definition) is 5. The van der Waals surface area contributed by atoms with E-state index in [1.165, 1.54) is 20.4 Å². The van der Waals surface area contributed by atoms with Crippen molar-refractivity contribution in [3.05, 3.63) is 52.3 Å². The number of fused-ring (bicyclic) bond motifs is 2. The zero-order chi connectivity index (χ0) is 15.1. The van der Waals surface area contributed by atoms with Crippen LogP contribution in [0.5, 0.6) is 11.5 Å². The van der Waals surface area contributed by atoms with Gasteiger partial charge in [0.25, 0.3) is 0 Å². The lowest BCUT2D eigenvalue weighted by Crippen LogP contribution is -2.23. The lowest BCUT2D eigenvalue weighted by molar-refractivity contribution is 0.0974. The van der Waals surface area contributed by atoms with Crippen molar-refractivity contribution in [2.24, 2.45) is 0 Å². The number of ketones is 2. The molecule has 1 aliphatic rings. The van der Waals surface area contributed by atoms with Crippen LogP contribution in [0.25, 0.3) is 0 Å². The normalized spacial score (nSPS) is 12.7. The van der Waals surface area contributed by atoms with Crippen LogP contribution in [-0.2, 0) is 0 Å². The first-order chi connectivity index (χ1) is 10.1. The molecule has 0 fully saturated rings. The van der Waals surface area contributed by atoms with Gasteiger partial charge in [0.2, 0.25) is 5.78 Å². The number of carbonyl (C=O) groups is 2. The van der Waals surface area contributed by atoms with E-state index in [0.717, 1.165) is 0 Å². The summed E-state index contributed by atoms with van der Waals surface area (Å²) in [6.07, 6.45) is 1.46. The monoisotopic (exact) mass is 283 g/mol. The first-order valence-electron chi connectivity index (χ1n) is 6.39. The fraction of sp³-hybridized carbons (Fsp3) is 0.188. The molecule has 21 heavy (non-hydrogen) atoms. The van der Waals surface area contributed by atoms with Gasteiger partial charge >= 0.3 is 0 Å². The Bertz CT molecular complexity index is 780. The van der Waals surface area contributed by atoms with Gasteiger partial charge < -0.3 is 9.47 Å². The molecule has 5 nitrogen and oxygen atoms in total. The van der Waals surface area contributed by atoms with Crippen molar-refractivity contribution in [1.29, 1.82) is 0 Å². The molecular formula is C16H13NO4. The number of benzene rings is 1. The van der Waals surface area contributed by atoms with Crippen molar-refractivity contribution in [2.75, 3.05) is 14.2 Å². The third kappa shape index (κ3) is 1.81. The van der Waals surface area contributed by atoms with Gasteiger partial charge in [0, 0.05) is 16.7 Å². The van der Waals surface area contributed by atoms with E-state index < -0.39 is 0 Å². The van der Waals surface area contributed by atoms with Gasteiger partial charge in [-0.1, -0.05) is 0 Å². The smallest absolute Gasteiger partial charge is 0.212 e. The minimum atomic E-state index is -0.274. The summed E-state index contributed by atoms with van der Waals surface area (Å²) in [5.41, 5.74) is 1.80. The van der Waals surface area contributed by atoms with Gasteiger partial charge in [-0.05, 0) is 25.1 Å². The van der Waals surface area contributed by atoms with Crippen LogP contribution in [0.3, 0.4) is 0 Å². The molecule has 106 valence electrons. The summed E-state index contributed by atoms with van der Waals surface area (Å²) in [4.78, 5) is 29.3. The van der Waals surface area contributed by atoms with E-state index in [9.17, 15) is 9.59 Å². The second kappa shape index (κ2) is 4.70. The molecule has 2 aromatic rings. The molecular weight excluding hydrogens is 270 g/mol. The maximum absolute atomic E-state index is 12.7. The Balaban J connectivity index is 2.27. The summed E-state index contributed by atoms with van der Waals surface area (Å²) in [6.45, 7) is 1.75. The van der Waals surface area contributed by atoms with Crippen LogP contribution in [0.4, 0.5) is 0 Å². The molecule has 0 saturated carbocycles.